The largest absolute Gasteiger partial charge is 0.418 e. The summed E-state index contributed by atoms with van der Waals surface area (Å²) in [4.78, 5) is 36.1. The number of nitrogens with two attached hydrogens (primary N) is 1. The minimum absolute atomic E-state index is 0.0509. The summed E-state index contributed by atoms with van der Waals surface area (Å²) in [6, 6.07) is 1.11. The van der Waals surface area contributed by atoms with Crippen molar-refractivity contribution >= 4 is 29.1 Å². The van der Waals surface area contributed by atoms with E-state index in [9.17, 15) is 36.3 Å². The Labute approximate surface area is 161 Å². The first-order valence-corrected chi connectivity index (χ1v) is 8.23. The van der Waals surface area contributed by atoms with Gasteiger partial charge >= 0.3 is 12.6 Å². The maximum absolute atomic E-state index is 13.5. The molecule has 13 heteroatoms. The number of hydrogen-bond donors (Lipinski definition) is 3. The lowest BCUT2D eigenvalue weighted by atomic mass is 10.1. The fraction of sp³-hybridized carbons (Fsp3) is 0.438. The van der Waals surface area contributed by atoms with E-state index in [1.807, 2.05) is 5.32 Å². The van der Waals surface area contributed by atoms with Crippen molar-refractivity contribution in [2.24, 2.45) is 5.73 Å². The minimum atomic E-state index is -4.90. The lowest BCUT2D eigenvalue weighted by Crippen LogP contribution is -2.50. The zero-order valence-corrected chi connectivity index (χ0v) is 14.8. The molecule has 1 heterocycles. The molecule has 0 spiro atoms. The third-order valence-electron chi connectivity index (χ3n) is 3.93. The van der Waals surface area contributed by atoms with Gasteiger partial charge in [0, 0.05) is 18.8 Å². The Bertz CT molecular complexity index is 787. The summed E-state index contributed by atoms with van der Waals surface area (Å²) in [6.07, 6.45) is -8.33. The highest BCUT2D eigenvalue weighted by molar-refractivity contribution is 5.99. The fourth-order valence-electron chi connectivity index (χ4n) is 2.52. The van der Waals surface area contributed by atoms with Crippen LogP contribution in [0.1, 0.15) is 5.56 Å². The highest BCUT2D eigenvalue weighted by Gasteiger charge is 2.36. The van der Waals surface area contributed by atoms with Gasteiger partial charge < -0.3 is 26.0 Å². The molecule has 0 unspecified atom stereocenters. The third kappa shape index (κ3) is 5.60. The molecule has 1 aliphatic rings. The van der Waals surface area contributed by atoms with E-state index in [2.05, 4.69) is 0 Å². The smallest absolute Gasteiger partial charge is 0.370 e. The number of carbonyl (C=O) groups excluding carboxylic acids is 3. The number of nitrogens with one attached hydrogen (secondary N) is 2. The van der Waals surface area contributed by atoms with Gasteiger partial charge in [0.2, 0.25) is 5.91 Å². The van der Waals surface area contributed by atoms with Crippen molar-refractivity contribution < 1.29 is 41.1 Å². The van der Waals surface area contributed by atoms with Crippen LogP contribution in [-0.2, 0) is 25.3 Å². The van der Waals surface area contributed by atoms with Crippen molar-refractivity contribution in [1.29, 1.82) is 0 Å². The number of amides is 3. The molecule has 29 heavy (non-hydrogen) atoms. The van der Waals surface area contributed by atoms with Crippen molar-refractivity contribution in [3.05, 3.63) is 23.8 Å². The van der Waals surface area contributed by atoms with Crippen LogP contribution in [0, 0.1) is 0 Å². The number of halogens is 5. The first kappa shape index (κ1) is 22.5. The minimum Gasteiger partial charge on any atom is -0.370 e. The Morgan fingerprint density at radius 3 is 2.48 bits per heavy atom. The molecule has 0 aliphatic carbocycles. The number of benzene rings is 1. The Balaban J connectivity index is 2.28. The Morgan fingerprint density at radius 1 is 1.24 bits per heavy atom. The summed E-state index contributed by atoms with van der Waals surface area (Å²) in [6.45, 7) is -0.696. The zero-order chi connectivity index (χ0) is 21.8. The van der Waals surface area contributed by atoms with Crippen LogP contribution in [0.5, 0.6) is 0 Å². The molecule has 160 valence electrons. The molecular weight excluding hydrogens is 407 g/mol. The molecule has 1 saturated heterocycles. The molecule has 3 amide bonds. The van der Waals surface area contributed by atoms with E-state index in [0.29, 0.717) is 6.07 Å². The molecule has 0 aromatic heterocycles. The van der Waals surface area contributed by atoms with E-state index in [0.717, 1.165) is 11.0 Å². The predicted octanol–water partition coefficient (Wildman–Crippen LogP) is 0.716. The SMILES string of the molecule is NC[C@H](NC(=O)C(F)F)C(=O)Nc1ccc(N2CCOCC2=O)cc1C(F)(F)F. The van der Waals surface area contributed by atoms with Crippen LogP contribution in [0.3, 0.4) is 0 Å². The van der Waals surface area contributed by atoms with Crippen molar-refractivity contribution in [1.82, 2.24) is 5.32 Å². The maximum Gasteiger partial charge on any atom is 0.418 e. The highest BCUT2D eigenvalue weighted by Crippen LogP contribution is 2.37. The van der Waals surface area contributed by atoms with Crippen LogP contribution in [-0.4, -0.2) is 56.5 Å². The Morgan fingerprint density at radius 2 is 1.93 bits per heavy atom. The summed E-state index contributed by atoms with van der Waals surface area (Å²) >= 11 is 0. The number of nitrogens with zero attached hydrogens (tertiary/aromatic N) is 1. The summed E-state index contributed by atoms with van der Waals surface area (Å²) < 4.78 is 70.0. The van der Waals surface area contributed by atoms with Crippen LogP contribution in [0.4, 0.5) is 33.3 Å². The molecule has 1 aromatic rings. The Kier molecular flexibility index (Phi) is 7.08. The van der Waals surface area contributed by atoms with Crippen LogP contribution in [0.15, 0.2) is 18.2 Å². The monoisotopic (exact) mass is 424 g/mol. The number of ether oxygens (including phenoxy) is 1. The molecule has 8 nitrogen and oxygen atoms in total. The zero-order valence-electron chi connectivity index (χ0n) is 14.8. The van der Waals surface area contributed by atoms with Crippen molar-refractivity contribution in [3.8, 4) is 0 Å². The van der Waals surface area contributed by atoms with E-state index in [1.165, 1.54) is 6.07 Å². The molecule has 1 fully saturated rings. The molecular formula is C16H17F5N4O4. The lowest BCUT2D eigenvalue weighted by Gasteiger charge is -2.28. The molecule has 4 N–H and O–H groups in total. The Hall–Kier alpha value is -2.80. The van der Waals surface area contributed by atoms with E-state index in [-0.39, 0.29) is 25.4 Å². The summed E-state index contributed by atoms with van der Waals surface area (Å²) in [7, 11) is 0. The van der Waals surface area contributed by atoms with E-state index < -0.39 is 54.2 Å². The second kappa shape index (κ2) is 9.13. The van der Waals surface area contributed by atoms with Gasteiger partial charge in [-0.25, -0.2) is 0 Å². The van der Waals surface area contributed by atoms with Gasteiger partial charge in [-0.05, 0) is 18.2 Å². The topological polar surface area (TPSA) is 114 Å². The van der Waals surface area contributed by atoms with Crippen LogP contribution in [0.2, 0.25) is 0 Å². The standard InChI is InChI=1S/C16H17F5N4O4/c17-13(18)15(28)24-11(6-22)14(27)23-10-2-1-8(5-9(10)16(19,20)21)25-3-4-29-7-12(25)26/h1-2,5,11,13H,3-4,6-7,22H2,(H,23,27)(H,24,28)/t11-/m0/s1. The predicted molar refractivity (Wildman–Crippen MR) is 90.2 cm³/mol. The van der Waals surface area contributed by atoms with Crippen LogP contribution >= 0.6 is 0 Å². The van der Waals surface area contributed by atoms with Gasteiger partial charge in [-0.1, -0.05) is 0 Å². The number of carbonyl (C=O) groups is 3. The van der Waals surface area contributed by atoms with Gasteiger partial charge in [0.25, 0.3) is 11.8 Å². The molecule has 1 aromatic carbocycles. The van der Waals surface area contributed by atoms with Gasteiger partial charge in [0.05, 0.1) is 17.9 Å². The number of rotatable bonds is 6. The van der Waals surface area contributed by atoms with E-state index in [4.69, 9.17) is 10.5 Å². The summed E-state index contributed by atoms with van der Waals surface area (Å²) in [5.74, 6) is -3.52. The molecule has 0 bridgehead atoms. The fourth-order valence-corrected chi connectivity index (χ4v) is 2.52. The average molecular weight is 424 g/mol. The van der Waals surface area contributed by atoms with E-state index >= 15 is 0 Å². The third-order valence-corrected chi connectivity index (χ3v) is 3.93. The van der Waals surface area contributed by atoms with Gasteiger partial charge in [-0.3, -0.25) is 14.4 Å². The van der Waals surface area contributed by atoms with Gasteiger partial charge in [0.1, 0.15) is 12.6 Å². The molecule has 0 saturated carbocycles. The van der Waals surface area contributed by atoms with Gasteiger partial charge in [0.15, 0.2) is 0 Å². The maximum atomic E-state index is 13.5. The average Bonchev–Trinajstić information content (AvgIpc) is 2.65. The molecule has 1 atom stereocenters. The second-order valence-corrected chi connectivity index (χ2v) is 5.91. The van der Waals surface area contributed by atoms with E-state index in [1.54, 1.807) is 5.32 Å². The van der Waals surface area contributed by atoms with Crippen LogP contribution in [0.25, 0.3) is 0 Å². The number of morpholine rings is 1. The number of alkyl halides is 5. The quantitative estimate of drug-likeness (QED) is 0.583. The van der Waals surface area contributed by atoms with Gasteiger partial charge in [-0.15, -0.1) is 0 Å². The lowest BCUT2D eigenvalue weighted by molar-refractivity contribution is -0.137. The van der Waals surface area contributed by atoms with Crippen molar-refractivity contribution in [2.45, 2.75) is 18.6 Å². The molecule has 0 radical (unpaired) electrons. The number of anilines is 2. The first-order chi connectivity index (χ1) is 13.5. The summed E-state index contributed by atoms with van der Waals surface area (Å²) in [5.41, 5.74) is 3.24. The van der Waals surface area contributed by atoms with Crippen molar-refractivity contribution in [3.63, 3.8) is 0 Å². The highest BCUT2D eigenvalue weighted by atomic mass is 19.4. The normalized spacial score (nSPS) is 16.0. The van der Waals surface area contributed by atoms with Crippen molar-refractivity contribution in [2.75, 3.05) is 36.5 Å². The first-order valence-electron chi connectivity index (χ1n) is 8.23. The molecule has 2 rings (SSSR count). The summed E-state index contributed by atoms with van der Waals surface area (Å²) in [5, 5.41) is 3.57. The molecule has 1 aliphatic heterocycles. The number of hydrogen-bond acceptors (Lipinski definition) is 5. The van der Waals surface area contributed by atoms with Gasteiger partial charge in [-0.2, -0.15) is 22.0 Å². The second-order valence-electron chi connectivity index (χ2n) is 5.91. The van der Waals surface area contributed by atoms with Crippen LogP contribution < -0.4 is 21.3 Å².